The molecule has 1 heterocycles. The van der Waals surface area contributed by atoms with Crippen LogP contribution in [0.15, 0.2) is 60.0 Å². The van der Waals surface area contributed by atoms with E-state index in [2.05, 4.69) is 12.2 Å². The van der Waals surface area contributed by atoms with Crippen molar-refractivity contribution in [3.05, 3.63) is 87.4 Å². The minimum absolute atomic E-state index is 0.0290. The Morgan fingerprint density at radius 3 is 2.38 bits per heavy atom. The molecule has 0 aliphatic rings. The highest BCUT2D eigenvalue weighted by molar-refractivity contribution is 7.10. The van der Waals surface area contributed by atoms with E-state index in [0.717, 1.165) is 40.1 Å². The second kappa shape index (κ2) is 12.3. The lowest BCUT2D eigenvalue weighted by Crippen LogP contribution is -2.44. The van der Waals surface area contributed by atoms with Gasteiger partial charge in [0.1, 0.15) is 12.4 Å². The lowest BCUT2D eigenvalue weighted by Gasteiger charge is -2.28. The molecule has 2 aromatic carbocycles. The van der Waals surface area contributed by atoms with Gasteiger partial charge in [0.15, 0.2) is 0 Å². The zero-order valence-electron chi connectivity index (χ0n) is 20.0. The first-order valence-electron chi connectivity index (χ1n) is 11.6. The van der Waals surface area contributed by atoms with Gasteiger partial charge >= 0.3 is 6.03 Å². The molecule has 3 amide bonds. The molecule has 0 saturated carbocycles. The van der Waals surface area contributed by atoms with Crippen LogP contribution in [0, 0.1) is 12.7 Å². The smallest absolute Gasteiger partial charge is 0.322 e. The summed E-state index contributed by atoms with van der Waals surface area (Å²) in [7, 11) is 0. The third kappa shape index (κ3) is 7.15. The molecule has 0 fully saturated rings. The molecule has 0 spiro atoms. The molecule has 1 aromatic heterocycles. The van der Waals surface area contributed by atoms with Gasteiger partial charge in [-0.05, 0) is 72.2 Å². The third-order valence-corrected chi connectivity index (χ3v) is 6.64. The number of anilines is 1. The summed E-state index contributed by atoms with van der Waals surface area (Å²) < 4.78 is 13.4. The number of amides is 3. The number of hydrogen-bond donors (Lipinski definition) is 1. The lowest BCUT2D eigenvalue weighted by molar-refractivity contribution is -0.133. The van der Waals surface area contributed by atoms with Crippen LogP contribution in [0.4, 0.5) is 14.9 Å². The van der Waals surface area contributed by atoms with E-state index in [4.69, 9.17) is 0 Å². The van der Waals surface area contributed by atoms with Crippen molar-refractivity contribution in [2.45, 2.75) is 46.7 Å². The Bertz CT molecular complexity index is 1100. The molecule has 0 aliphatic carbocycles. The van der Waals surface area contributed by atoms with E-state index in [0.29, 0.717) is 19.6 Å². The quantitative estimate of drug-likeness (QED) is 0.373. The van der Waals surface area contributed by atoms with Gasteiger partial charge in [-0.1, -0.05) is 38.1 Å². The Morgan fingerprint density at radius 1 is 0.971 bits per heavy atom. The maximum absolute atomic E-state index is 13.4. The number of nitrogens with one attached hydrogen (secondary N) is 1. The molecule has 7 heteroatoms. The number of benzene rings is 2. The van der Waals surface area contributed by atoms with Crippen molar-refractivity contribution >= 4 is 29.0 Å². The van der Waals surface area contributed by atoms with Crippen molar-refractivity contribution in [2.75, 3.05) is 18.4 Å². The molecule has 180 valence electrons. The summed E-state index contributed by atoms with van der Waals surface area (Å²) in [6.07, 6.45) is 1.61. The monoisotopic (exact) mass is 481 g/mol. The second-order valence-corrected chi connectivity index (χ2v) is 9.31. The molecule has 3 aromatic rings. The van der Waals surface area contributed by atoms with Gasteiger partial charge in [-0.15, -0.1) is 11.3 Å². The van der Waals surface area contributed by atoms with Crippen LogP contribution < -0.4 is 5.32 Å². The van der Waals surface area contributed by atoms with E-state index >= 15 is 0 Å². The summed E-state index contributed by atoms with van der Waals surface area (Å²) in [5.74, 6) is -0.461. The van der Waals surface area contributed by atoms with Crippen molar-refractivity contribution < 1.29 is 14.0 Å². The average molecular weight is 482 g/mol. The first kappa shape index (κ1) is 25.4. The number of aryl methyl sites for hydroxylation is 2. The summed E-state index contributed by atoms with van der Waals surface area (Å²) in [5, 5.41) is 4.94. The summed E-state index contributed by atoms with van der Waals surface area (Å²) in [6.45, 7) is 7.29. The number of nitrogens with zero attached hydrogens (tertiary/aromatic N) is 2. The predicted molar refractivity (Wildman–Crippen MR) is 136 cm³/mol. The van der Waals surface area contributed by atoms with E-state index in [1.54, 1.807) is 33.3 Å². The van der Waals surface area contributed by atoms with E-state index in [-0.39, 0.29) is 24.3 Å². The number of hydrogen-bond acceptors (Lipinski definition) is 3. The Hall–Kier alpha value is -3.19. The summed E-state index contributed by atoms with van der Waals surface area (Å²) in [5.41, 5.74) is 3.82. The fourth-order valence-electron chi connectivity index (χ4n) is 3.64. The van der Waals surface area contributed by atoms with Crippen LogP contribution in [0.5, 0.6) is 0 Å². The van der Waals surface area contributed by atoms with Crippen LogP contribution >= 0.6 is 11.3 Å². The highest BCUT2D eigenvalue weighted by Gasteiger charge is 2.22. The first-order chi connectivity index (χ1) is 16.4. The van der Waals surface area contributed by atoms with Gasteiger partial charge in [-0.2, -0.15) is 0 Å². The second-order valence-electron chi connectivity index (χ2n) is 8.31. The minimum Gasteiger partial charge on any atom is -0.332 e. The molecular formula is C27H32FN3O2S. The van der Waals surface area contributed by atoms with Crippen LogP contribution in [0.3, 0.4) is 0 Å². The van der Waals surface area contributed by atoms with E-state index in [9.17, 15) is 14.0 Å². The predicted octanol–water partition coefficient (Wildman–Crippen LogP) is 6.23. The van der Waals surface area contributed by atoms with Crippen molar-refractivity contribution in [2.24, 2.45) is 0 Å². The van der Waals surface area contributed by atoms with E-state index in [1.807, 2.05) is 49.6 Å². The SMILES string of the molecule is CCCN(CC(=O)N(Cc1ccc(F)cc1)Cc1sccc1C)C(=O)Nc1cccc(CC)c1. The number of carbonyl (C=O) groups is 2. The summed E-state index contributed by atoms with van der Waals surface area (Å²) in [6, 6.07) is 15.6. The number of thiophene rings is 1. The van der Waals surface area contributed by atoms with Crippen LogP contribution in [0.1, 0.15) is 41.8 Å². The number of rotatable bonds is 10. The normalized spacial score (nSPS) is 10.7. The van der Waals surface area contributed by atoms with Gasteiger partial charge < -0.3 is 15.1 Å². The third-order valence-electron chi connectivity index (χ3n) is 5.64. The fraction of sp³-hybridized carbons (Fsp3) is 0.333. The molecule has 34 heavy (non-hydrogen) atoms. The molecule has 0 saturated heterocycles. The van der Waals surface area contributed by atoms with Crippen LogP contribution in [0.25, 0.3) is 0 Å². The zero-order valence-corrected chi connectivity index (χ0v) is 20.8. The van der Waals surface area contributed by atoms with Gasteiger partial charge in [-0.3, -0.25) is 4.79 Å². The van der Waals surface area contributed by atoms with Gasteiger partial charge in [0.2, 0.25) is 5.91 Å². The molecule has 0 bridgehead atoms. The van der Waals surface area contributed by atoms with Gasteiger partial charge in [0.05, 0.1) is 6.54 Å². The Kier molecular flexibility index (Phi) is 9.22. The maximum atomic E-state index is 13.4. The van der Waals surface area contributed by atoms with Crippen molar-refractivity contribution in [1.82, 2.24) is 9.80 Å². The van der Waals surface area contributed by atoms with Crippen molar-refractivity contribution in [3.8, 4) is 0 Å². The number of carbonyl (C=O) groups excluding carboxylic acids is 2. The van der Waals surface area contributed by atoms with Gasteiger partial charge in [-0.25, -0.2) is 9.18 Å². The van der Waals surface area contributed by atoms with E-state index < -0.39 is 0 Å². The molecule has 0 atom stereocenters. The van der Waals surface area contributed by atoms with Gasteiger partial charge in [0.25, 0.3) is 0 Å². The molecule has 0 radical (unpaired) electrons. The Labute approximate surface area is 205 Å². The largest absolute Gasteiger partial charge is 0.332 e. The van der Waals surface area contributed by atoms with Crippen molar-refractivity contribution in [1.29, 1.82) is 0 Å². The Morgan fingerprint density at radius 2 is 1.74 bits per heavy atom. The topological polar surface area (TPSA) is 52.7 Å². The van der Waals surface area contributed by atoms with Crippen LogP contribution in [-0.4, -0.2) is 34.8 Å². The highest BCUT2D eigenvalue weighted by Crippen LogP contribution is 2.20. The molecule has 3 rings (SSSR count). The fourth-order valence-corrected chi connectivity index (χ4v) is 4.56. The van der Waals surface area contributed by atoms with Crippen molar-refractivity contribution in [3.63, 3.8) is 0 Å². The Balaban J connectivity index is 1.75. The maximum Gasteiger partial charge on any atom is 0.322 e. The molecule has 5 nitrogen and oxygen atoms in total. The molecule has 0 unspecified atom stereocenters. The summed E-state index contributed by atoms with van der Waals surface area (Å²) in [4.78, 5) is 30.8. The molecule has 0 aliphatic heterocycles. The lowest BCUT2D eigenvalue weighted by atomic mass is 10.1. The average Bonchev–Trinajstić information content (AvgIpc) is 3.24. The molecular weight excluding hydrogens is 449 g/mol. The van der Waals surface area contributed by atoms with Crippen LogP contribution in [0.2, 0.25) is 0 Å². The number of halogens is 1. The minimum atomic E-state index is -0.311. The number of urea groups is 1. The summed E-state index contributed by atoms with van der Waals surface area (Å²) >= 11 is 1.60. The molecule has 1 N–H and O–H groups in total. The van der Waals surface area contributed by atoms with Gasteiger partial charge in [0, 0.05) is 23.7 Å². The van der Waals surface area contributed by atoms with E-state index in [1.165, 1.54) is 12.1 Å². The van der Waals surface area contributed by atoms with Crippen LogP contribution in [-0.2, 0) is 24.3 Å². The zero-order chi connectivity index (χ0) is 24.5. The standard InChI is InChI=1S/C27H32FN3O2S/c1-4-14-30(27(33)29-24-8-6-7-21(5-2)16-24)19-26(32)31(18-25-20(3)13-15-34-25)17-22-9-11-23(28)12-10-22/h6-13,15-16H,4-5,14,17-19H2,1-3H3,(H,29,33). The first-order valence-corrected chi connectivity index (χ1v) is 12.5. The highest BCUT2D eigenvalue weighted by atomic mass is 32.1.